The maximum absolute atomic E-state index is 11.1. The Morgan fingerprint density at radius 3 is 0.195 bits per heavy atom. The SMILES string of the molecule is C/C(O)=C/C(=O)F.C/C(O)=C/C(=O)F.C/C(O)=C/C(=O)F.C/C(O)=C/C(=O)F.C/C(O)=C/C(=O)F.C/C(O)=C/C(=O)F.C/C(O)=C/C(=O)F.C/C(O)=C/C(=O)F.C/C(O)=C/C(=O)F.C/C(O)=C/C(=O)F.C/C(O)=C/C(=O)F.C/C(O)=C/C(=O)F.[Ti].[Ti].[Ti]. The summed E-state index contributed by atoms with van der Waals surface area (Å²) in [7, 11) is 0. The first-order chi connectivity index (χ1) is 37.5. The largest absolute Gasteiger partial charge is 0.512 e. The molecule has 87 heavy (non-hydrogen) atoms. The number of hydrogen-bond donors (Lipinski definition) is 12. The van der Waals surface area contributed by atoms with Crippen molar-refractivity contribution in [1.82, 2.24) is 0 Å². The van der Waals surface area contributed by atoms with Crippen molar-refractivity contribution in [1.29, 1.82) is 0 Å². The van der Waals surface area contributed by atoms with Gasteiger partial charge in [0.15, 0.2) is 0 Å². The van der Waals surface area contributed by atoms with Gasteiger partial charge in [0, 0.05) is 65.2 Å². The van der Waals surface area contributed by atoms with Crippen molar-refractivity contribution in [3.05, 3.63) is 142 Å². The molecule has 0 aromatic heterocycles. The summed E-state index contributed by atoms with van der Waals surface area (Å²) >= 11 is 0. The molecule has 0 radical (unpaired) electrons. The molecular weight excluding hydrogens is 1330 g/mol. The van der Waals surface area contributed by atoms with Crippen molar-refractivity contribution < 1.29 is 237 Å². The summed E-state index contributed by atoms with van der Waals surface area (Å²) in [4.78, 5) is 112. The molecule has 0 aliphatic heterocycles. The minimum Gasteiger partial charge on any atom is -0.512 e. The Kier molecular flexibility index (Phi) is 108. The maximum atomic E-state index is 11.1. The first kappa shape index (κ1) is 117. The second-order valence-electron chi connectivity index (χ2n) is 13.1. The van der Waals surface area contributed by atoms with Crippen LogP contribution < -0.4 is 0 Å². The van der Waals surface area contributed by atoms with Crippen molar-refractivity contribution in [2.75, 3.05) is 0 Å². The van der Waals surface area contributed by atoms with E-state index in [4.69, 9.17) is 61.3 Å². The van der Waals surface area contributed by atoms with Gasteiger partial charge in [0.2, 0.25) is 0 Å². The third kappa shape index (κ3) is 282. The van der Waals surface area contributed by atoms with E-state index in [-0.39, 0.29) is 134 Å². The molecule has 0 saturated heterocycles. The smallest absolute Gasteiger partial charge is 0.328 e. The van der Waals surface area contributed by atoms with E-state index in [1.54, 1.807) is 0 Å². The van der Waals surface area contributed by atoms with Gasteiger partial charge in [-0.25, -0.2) is 0 Å². The monoisotopic (exact) mass is 1390 g/mol. The van der Waals surface area contributed by atoms with E-state index < -0.39 is 72.4 Å². The second kappa shape index (κ2) is 79.9. The van der Waals surface area contributed by atoms with E-state index >= 15 is 0 Å². The number of carbonyl (C=O) groups excluding carboxylic acids is 12. The Hall–Kier alpha value is -8.18. The van der Waals surface area contributed by atoms with Crippen LogP contribution in [0.25, 0.3) is 0 Å². The van der Waals surface area contributed by atoms with Crippen molar-refractivity contribution in [2.24, 2.45) is 0 Å². The van der Waals surface area contributed by atoms with E-state index in [9.17, 15) is 110 Å². The van der Waals surface area contributed by atoms with Crippen molar-refractivity contribution in [2.45, 2.75) is 83.1 Å². The minimum absolute atomic E-state index is 0. The van der Waals surface area contributed by atoms with Gasteiger partial charge in [0.1, 0.15) is 0 Å². The van der Waals surface area contributed by atoms with Crippen LogP contribution in [0.3, 0.4) is 0 Å². The summed E-state index contributed by atoms with van der Waals surface area (Å²) < 4.78 is 133. The molecule has 0 fully saturated rings. The molecule has 12 N–H and O–H groups in total. The first-order valence-electron chi connectivity index (χ1n) is 20.3. The topological polar surface area (TPSA) is 448 Å². The molecule has 0 spiro atoms. The zero-order valence-corrected chi connectivity index (χ0v) is 51.9. The number of rotatable bonds is 12. The second-order valence-corrected chi connectivity index (χ2v) is 13.1. The number of allylic oxidation sites excluding steroid dienone is 24. The molecule has 492 valence electrons. The molecule has 0 saturated carbocycles. The molecule has 0 heterocycles. The van der Waals surface area contributed by atoms with Gasteiger partial charge in [-0.2, -0.15) is 52.7 Å². The van der Waals surface area contributed by atoms with Crippen LogP contribution in [0.1, 0.15) is 83.1 Å². The molecule has 0 rings (SSSR count). The van der Waals surface area contributed by atoms with Crippen molar-refractivity contribution >= 4 is 72.4 Å². The Bertz CT molecular complexity index is 1850. The third-order valence-corrected chi connectivity index (χ3v) is 3.87. The Morgan fingerprint density at radius 1 is 0.161 bits per heavy atom. The molecule has 0 amide bonds. The molecule has 0 aromatic carbocycles. The summed E-state index contributed by atoms with van der Waals surface area (Å²) in [5.74, 6) is -3.75. The summed E-state index contributed by atoms with van der Waals surface area (Å²) in [6.45, 7) is 14.6. The number of aliphatic hydroxyl groups excluding tert-OH is 12. The molecule has 0 unspecified atom stereocenters. The average molecular weight is 1390 g/mol. The van der Waals surface area contributed by atoms with Gasteiger partial charge in [-0.05, 0) is 83.1 Å². The predicted molar refractivity (Wildman–Crippen MR) is 270 cm³/mol. The van der Waals surface area contributed by atoms with Crippen LogP contribution in [-0.4, -0.2) is 134 Å². The molecule has 39 heteroatoms. The molecule has 0 aliphatic carbocycles. The third-order valence-electron chi connectivity index (χ3n) is 3.87. The number of aliphatic hydroxyl groups is 12. The van der Waals surface area contributed by atoms with Gasteiger partial charge < -0.3 is 61.3 Å². The summed E-state index contributed by atoms with van der Waals surface area (Å²) in [6.07, 6.45) is 6.00. The van der Waals surface area contributed by atoms with Crippen LogP contribution >= 0.6 is 0 Å². The van der Waals surface area contributed by atoms with Crippen LogP contribution in [0.4, 0.5) is 52.7 Å². The van der Waals surface area contributed by atoms with E-state index in [1.165, 1.54) is 83.1 Å². The van der Waals surface area contributed by atoms with Crippen molar-refractivity contribution in [3.8, 4) is 0 Å². The van der Waals surface area contributed by atoms with Crippen LogP contribution in [-0.2, 0) is 123 Å². The normalized spacial score (nSPS) is 11.0. The van der Waals surface area contributed by atoms with Gasteiger partial charge in [-0.3, -0.25) is 57.5 Å². The van der Waals surface area contributed by atoms with Gasteiger partial charge >= 0.3 is 72.4 Å². The van der Waals surface area contributed by atoms with Crippen LogP contribution in [0.15, 0.2) is 142 Å². The quantitative estimate of drug-likeness (QED) is 0.0284. The summed E-state index contributed by atoms with van der Waals surface area (Å²) in [6, 6.07) is -19.5. The van der Waals surface area contributed by atoms with Crippen LogP contribution in [0.2, 0.25) is 0 Å². The van der Waals surface area contributed by atoms with E-state index in [1.807, 2.05) is 0 Å². The maximum Gasteiger partial charge on any atom is 0.328 e. The standard InChI is InChI=1S/12C4H5FO2.3Ti/c12*1-3(6)2-4(5)7;;;/h12*2,6H,1H3;;;/b12*3-2-;;;. The fourth-order valence-corrected chi connectivity index (χ4v) is 1.97. The molecule has 24 nitrogen and oxygen atoms in total. The van der Waals surface area contributed by atoms with Crippen molar-refractivity contribution in [3.63, 3.8) is 0 Å². The van der Waals surface area contributed by atoms with E-state index in [2.05, 4.69) is 0 Å². The average Bonchev–Trinajstić information content (AvgIpc) is 3.14. The fraction of sp³-hybridized carbons (Fsp3) is 0.250. The number of carbonyl (C=O) groups is 12. The molecule has 0 bridgehead atoms. The molecule has 0 aliphatic rings. The Morgan fingerprint density at radius 2 is 0.195 bits per heavy atom. The Balaban J connectivity index is -0.0000000498. The fourth-order valence-electron chi connectivity index (χ4n) is 1.97. The van der Waals surface area contributed by atoms with Crippen LogP contribution in [0, 0.1) is 0 Å². The zero-order valence-electron chi connectivity index (χ0n) is 47.2. The van der Waals surface area contributed by atoms with Crippen LogP contribution in [0.5, 0.6) is 0 Å². The molecule has 0 atom stereocenters. The van der Waals surface area contributed by atoms with Gasteiger partial charge in [0.05, 0.1) is 142 Å². The Labute approximate surface area is 531 Å². The molecular formula is C48H60F12O24Ti3. The van der Waals surface area contributed by atoms with Gasteiger partial charge in [-0.1, -0.05) is 0 Å². The van der Waals surface area contributed by atoms with E-state index in [0.717, 1.165) is 0 Å². The number of hydrogen-bond acceptors (Lipinski definition) is 24. The van der Waals surface area contributed by atoms with Gasteiger partial charge in [0.25, 0.3) is 0 Å². The van der Waals surface area contributed by atoms with E-state index in [0.29, 0.717) is 72.9 Å². The zero-order chi connectivity index (χ0) is 70.3. The summed E-state index contributed by atoms with van der Waals surface area (Å²) in [5, 5.41) is 97.5. The first-order valence-corrected chi connectivity index (χ1v) is 20.3. The number of halogens is 12. The predicted octanol–water partition coefficient (Wildman–Crippen LogP) is 11.3. The summed E-state index contributed by atoms with van der Waals surface area (Å²) in [5.41, 5.74) is 0. The van der Waals surface area contributed by atoms with Gasteiger partial charge in [-0.15, -0.1) is 0 Å². The molecule has 0 aromatic rings. The minimum atomic E-state index is -1.62.